The first-order valence-electron chi connectivity index (χ1n) is 5.16. The molecule has 0 radical (unpaired) electrons. The fourth-order valence-corrected chi connectivity index (χ4v) is 1.81. The summed E-state index contributed by atoms with van der Waals surface area (Å²) < 4.78 is 0. The van der Waals surface area contributed by atoms with E-state index >= 15 is 0 Å². The second kappa shape index (κ2) is 6.53. The van der Waals surface area contributed by atoms with Crippen LogP contribution >= 0.6 is 11.3 Å². The zero-order valence-electron chi connectivity index (χ0n) is 9.19. The lowest BCUT2D eigenvalue weighted by Gasteiger charge is -2.17. The maximum Gasteiger partial charge on any atom is 0.270 e. The highest BCUT2D eigenvalue weighted by atomic mass is 32.1. The number of nitrogens with one attached hydrogen (secondary N) is 1. The van der Waals surface area contributed by atoms with Crippen LogP contribution in [0.2, 0.25) is 0 Å². The third kappa shape index (κ3) is 3.97. The maximum absolute atomic E-state index is 11.5. The van der Waals surface area contributed by atoms with Crippen molar-refractivity contribution in [1.82, 2.24) is 15.2 Å². The predicted molar refractivity (Wildman–Crippen MR) is 62.2 cm³/mol. The number of nitrogens with zero attached hydrogens (tertiary/aromatic N) is 2. The van der Waals surface area contributed by atoms with Crippen molar-refractivity contribution in [3.05, 3.63) is 16.6 Å². The van der Waals surface area contributed by atoms with Crippen molar-refractivity contribution in [3.63, 3.8) is 0 Å². The molecule has 0 aliphatic carbocycles. The Morgan fingerprint density at radius 2 is 2.27 bits per heavy atom. The number of carbonyl (C=O) groups excluding carboxylic acids is 1. The summed E-state index contributed by atoms with van der Waals surface area (Å²) in [6.45, 7) is 7.84. The average Bonchev–Trinajstić information content (AvgIpc) is 2.77. The number of hydrogen-bond acceptors (Lipinski definition) is 4. The molecular weight excluding hydrogens is 210 g/mol. The molecule has 0 saturated heterocycles. The molecule has 4 nitrogen and oxygen atoms in total. The van der Waals surface area contributed by atoms with Crippen molar-refractivity contribution in [2.75, 3.05) is 26.2 Å². The van der Waals surface area contributed by atoms with E-state index in [2.05, 4.69) is 29.0 Å². The number of rotatable bonds is 6. The van der Waals surface area contributed by atoms with Gasteiger partial charge in [-0.05, 0) is 13.1 Å². The Kier molecular flexibility index (Phi) is 5.28. The van der Waals surface area contributed by atoms with Crippen molar-refractivity contribution >= 4 is 17.2 Å². The van der Waals surface area contributed by atoms with E-state index in [0.29, 0.717) is 12.2 Å². The molecule has 1 aromatic rings. The van der Waals surface area contributed by atoms with Gasteiger partial charge in [0, 0.05) is 18.5 Å². The molecule has 0 spiro atoms. The van der Waals surface area contributed by atoms with Gasteiger partial charge in [0.05, 0.1) is 5.51 Å². The highest BCUT2D eigenvalue weighted by Crippen LogP contribution is 1.99. The number of aromatic nitrogens is 1. The lowest BCUT2D eigenvalue weighted by atomic mass is 10.4. The first-order chi connectivity index (χ1) is 7.27. The van der Waals surface area contributed by atoms with Gasteiger partial charge in [0.1, 0.15) is 5.69 Å². The standard InChI is InChI=1S/C10H17N3OS/c1-3-13(4-2)6-5-11-10(14)9-7-15-8-12-9/h7-8H,3-6H2,1-2H3,(H,11,14). The first-order valence-corrected chi connectivity index (χ1v) is 6.11. The third-order valence-electron chi connectivity index (χ3n) is 2.27. The Bertz CT molecular complexity index is 283. The fourth-order valence-electron chi connectivity index (χ4n) is 1.28. The van der Waals surface area contributed by atoms with Crippen LogP contribution in [0.25, 0.3) is 0 Å². The van der Waals surface area contributed by atoms with Crippen LogP contribution in [-0.2, 0) is 0 Å². The number of likely N-dealkylation sites (N-methyl/N-ethyl adjacent to an activating group) is 1. The Balaban J connectivity index is 2.23. The summed E-state index contributed by atoms with van der Waals surface area (Å²) in [7, 11) is 0. The Morgan fingerprint density at radius 3 is 2.80 bits per heavy atom. The van der Waals surface area contributed by atoms with E-state index in [1.807, 2.05) is 0 Å². The normalized spacial score (nSPS) is 10.6. The summed E-state index contributed by atoms with van der Waals surface area (Å²) in [4.78, 5) is 17.7. The Hall–Kier alpha value is -0.940. The van der Waals surface area contributed by atoms with Crippen LogP contribution in [-0.4, -0.2) is 42.0 Å². The van der Waals surface area contributed by atoms with Gasteiger partial charge in [-0.15, -0.1) is 11.3 Å². The number of hydrogen-bond donors (Lipinski definition) is 1. The highest BCUT2D eigenvalue weighted by Gasteiger charge is 2.06. The van der Waals surface area contributed by atoms with Crippen molar-refractivity contribution in [2.24, 2.45) is 0 Å². The Labute approximate surface area is 94.3 Å². The largest absolute Gasteiger partial charge is 0.349 e. The molecule has 1 rings (SSSR count). The van der Waals surface area contributed by atoms with Crippen molar-refractivity contribution in [2.45, 2.75) is 13.8 Å². The second-order valence-corrected chi connectivity index (χ2v) is 3.88. The molecule has 1 aromatic heterocycles. The monoisotopic (exact) mass is 227 g/mol. The van der Waals surface area contributed by atoms with Gasteiger partial charge < -0.3 is 10.2 Å². The lowest BCUT2D eigenvalue weighted by Crippen LogP contribution is -2.34. The molecule has 0 atom stereocenters. The van der Waals surface area contributed by atoms with Crippen molar-refractivity contribution < 1.29 is 4.79 Å². The average molecular weight is 227 g/mol. The van der Waals surface area contributed by atoms with Gasteiger partial charge in [0.15, 0.2) is 0 Å². The van der Waals surface area contributed by atoms with Crippen LogP contribution in [0.3, 0.4) is 0 Å². The van der Waals surface area contributed by atoms with Gasteiger partial charge in [-0.1, -0.05) is 13.8 Å². The second-order valence-electron chi connectivity index (χ2n) is 3.16. The van der Waals surface area contributed by atoms with E-state index < -0.39 is 0 Å². The number of thiazole rings is 1. The number of amides is 1. The molecule has 0 fully saturated rings. The minimum Gasteiger partial charge on any atom is -0.349 e. The smallest absolute Gasteiger partial charge is 0.270 e. The minimum atomic E-state index is -0.0802. The zero-order valence-corrected chi connectivity index (χ0v) is 10.0. The summed E-state index contributed by atoms with van der Waals surface area (Å²) >= 11 is 1.43. The van der Waals surface area contributed by atoms with Crippen LogP contribution < -0.4 is 5.32 Å². The summed E-state index contributed by atoms with van der Waals surface area (Å²) in [5.41, 5.74) is 2.18. The molecule has 1 heterocycles. The predicted octanol–water partition coefficient (Wildman–Crippen LogP) is 1.21. The SMILES string of the molecule is CCN(CC)CCNC(=O)c1cscn1. The van der Waals surface area contributed by atoms with Gasteiger partial charge in [0.2, 0.25) is 0 Å². The molecule has 0 aliphatic rings. The maximum atomic E-state index is 11.5. The van der Waals surface area contributed by atoms with Gasteiger partial charge >= 0.3 is 0 Å². The topological polar surface area (TPSA) is 45.2 Å². The fraction of sp³-hybridized carbons (Fsp3) is 0.600. The highest BCUT2D eigenvalue weighted by molar-refractivity contribution is 7.07. The van der Waals surface area contributed by atoms with E-state index in [9.17, 15) is 4.79 Å². The van der Waals surface area contributed by atoms with E-state index in [0.717, 1.165) is 19.6 Å². The van der Waals surface area contributed by atoms with E-state index in [1.54, 1.807) is 10.9 Å². The van der Waals surface area contributed by atoms with Gasteiger partial charge in [-0.2, -0.15) is 0 Å². The van der Waals surface area contributed by atoms with Crippen molar-refractivity contribution in [1.29, 1.82) is 0 Å². The molecule has 0 bridgehead atoms. The quantitative estimate of drug-likeness (QED) is 0.794. The van der Waals surface area contributed by atoms with Gasteiger partial charge in [-0.25, -0.2) is 4.98 Å². The molecule has 5 heteroatoms. The molecule has 84 valence electrons. The summed E-state index contributed by atoms with van der Waals surface area (Å²) in [6, 6.07) is 0. The Morgan fingerprint density at radius 1 is 1.53 bits per heavy atom. The van der Waals surface area contributed by atoms with Crippen LogP contribution in [0.4, 0.5) is 0 Å². The van der Waals surface area contributed by atoms with Crippen LogP contribution in [0.5, 0.6) is 0 Å². The van der Waals surface area contributed by atoms with Crippen molar-refractivity contribution in [3.8, 4) is 0 Å². The molecule has 15 heavy (non-hydrogen) atoms. The molecule has 0 saturated carbocycles. The molecule has 0 aliphatic heterocycles. The third-order valence-corrected chi connectivity index (χ3v) is 2.86. The molecule has 1 N–H and O–H groups in total. The first kappa shape index (κ1) is 12.1. The summed E-state index contributed by atoms with van der Waals surface area (Å²) in [5, 5.41) is 4.60. The molecule has 0 unspecified atom stereocenters. The van der Waals surface area contributed by atoms with Crippen LogP contribution in [0, 0.1) is 0 Å². The molecule has 0 aromatic carbocycles. The summed E-state index contributed by atoms with van der Waals surface area (Å²) in [6.07, 6.45) is 0. The van der Waals surface area contributed by atoms with E-state index in [4.69, 9.17) is 0 Å². The van der Waals surface area contributed by atoms with E-state index in [-0.39, 0.29) is 5.91 Å². The zero-order chi connectivity index (χ0) is 11.1. The number of carbonyl (C=O) groups is 1. The molecule has 1 amide bonds. The van der Waals surface area contributed by atoms with E-state index in [1.165, 1.54) is 11.3 Å². The molecular formula is C10H17N3OS. The van der Waals surface area contributed by atoms with Crippen LogP contribution in [0.15, 0.2) is 10.9 Å². The van der Waals surface area contributed by atoms with Crippen LogP contribution in [0.1, 0.15) is 24.3 Å². The van der Waals surface area contributed by atoms with Gasteiger partial charge in [0.25, 0.3) is 5.91 Å². The minimum absolute atomic E-state index is 0.0802. The van der Waals surface area contributed by atoms with Gasteiger partial charge in [-0.3, -0.25) is 4.79 Å². The summed E-state index contributed by atoms with van der Waals surface area (Å²) in [5.74, 6) is -0.0802. The lowest BCUT2D eigenvalue weighted by molar-refractivity contribution is 0.0944.